The lowest BCUT2D eigenvalue weighted by atomic mass is 10.00. The number of fused-ring (bicyclic) bond motifs is 1. The monoisotopic (exact) mass is 318 g/mol. The van der Waals surface area contributed by atoms with Crippen LogP contribution in [-0.2, 0) is 19.5 Å². The van der Waals surface area contributed by atoms with Crippen LogP contribution in [0.3, 0.4) is 0 Å². The molecule has 1 aliphatic rings. The van der Waals surface area contributed by atoms with Gasteiger partial charge in [0.05, 0.1) is 12.6 Å². The molecule has 3 aromatic rings. The number of nitrogens with zero attached hydrogens (tertiary/aromatic N) is 4. The zero-order valence-electron chi connectivity index (χ0n) is 14.0. The van der Waals surface area contributed by atoms with E-state index in [1.807, 2.05) is 6.33 Å². The first-order chi connectivity index (χ1) is 11.8. The van der Waals surface area contributed by atoms with Crippen LogP contribution in [0.15, 0.2) is 60.9 Å². The molecule has 1 aromatic heterocycles. The molecule has 0 saturated carbocycles. The zero-order valence-corrected chi connectivity index (χ0v) is 14.0. The van der Waals surface area contributed by atoms with Crippen molar-refractivity contribution in [3.63, 3.8) is 0 Å². The molecule has 0 spiro atoms. The molecule has 0 N–H and O–H groups in total. The molecule has 1 atom stereocenters. The second-order valence-corrected chi connectivity index (χ2v) is 6.47. The van der Waals surface area contributed by atoms with E-state index in [0.717, 1.165) is 31.9 Å². The molecule has 122 valence electrons. The van der Waals surface area contributed by atoms with Gasteiger partial charge in [-0.1, -0.05) is 54.6 Å². The average molecular weight is 318 g/mol. The van der Waals surface area contributed by atoms with Gasteiger partial charge in [0.25, 0.3) is 0 Å². The van der Waals surface area contributed by atoms with E-state index in [9.17, 15) is 0 Å². The maximum atomic E-state index is 4.38. The lowest BCUT2D eigenvalue weighted by molar-refractivity contribution is 0.235. The van der Waals surface area contributed by atoms with E-state index in [-0.39, 0.29) is 6.04 Å². The third-order valence-electron chi connectivity index (χ3n) is 4.92. The van der Waals surface area contributed by atoms with Crippen LogP contribution in [-0.4, -0.2) is 26.2 Å². The summed E-state index contributed by atoms with van der Waals surface area (Å²) in [7, 11) is 0. The molecule has 4 nitrogen and oxygen atoms in total. The van der Waals surface area contributed by atoms with Crippen LogP contribution >= 0.6 is 0 Å². The van der Waals surface area contributed by atoms with Crippen molar-refractivity contribution in [1.29, 1.82) is 0 Å². The van der Waals surface area contributed by atoms with E-state index >= 15 is 0 Å². The van der Waals surface area contributed by atoms with Crippen LogP contribution in [0.1, 0.15) is 35.5 Å². The molecule has 0 radical (unpaired) electrons. The van der Waals surface area contributed by atoms with Crippen LogP contribution in [0.4, 0.5) is 0 Å². The van der Waals surface area contributed by atoms with Crippen molar-refractivity contribution in [2.45, 2.75) is 32.5 Å². The standard InChI is InChI=1S/C20H22N4/c1-16(17-7-3-2-4-8-17)24-15-21-22-20(24)14-23-12-11-18-9-5-6-10-19(18)13-23/h2-10,15-16H,11-14H2,1H3. The maximum absolute atomic E-state index is 4.38. The van der Waals surface area contributed by atoms with Gasteiger partial charge < -0.3 is 4.57 Å². The molecule has 1 aliphatic heterocycles. The summed E-state index contributed by atoms with van der Waals surface area (Å²) < 4.78 is 2.19. The molecule has 1 unspecified atom stereocenters. The number of hydrogen-bond acceptors (Lipinski definition) is 3. The van der Waals surface area contributed by atoms with E-state index in [2.05, 4.69) is 81.2 Å². The van der Waals surface area contributed by atoms with Crippen LogP contribution in [0.25, 0.3) is 0 Å². The Morgan fingerprint density at radius 2 is 1.75 bits per heavy atom. The summed E-state index contributed by atoms with van der Waals surface area (Å²) in [4.78, 5) is 2.46. The van der Waals surface area contributed by atoms with Crippen LogP contribution in [0, 0.1) is 0 Å². The summed E-state index contributed by atoms with van der Waals surface area (Å²) in [5.74, 6) is 1.03. The number of aromatic nitrogens is 3. The van der Waals surface area contributed by atoms with E-state index in [1.54, 1.807) is 0 Å². The summed E-state index contributed by atoms with van der Waals surface area (Å²) in [6.07, 6.45) is 2.96. The minimum Gasteiger partial charge on any atom is -0.309 e. The Kier molecular flexibility index (Phi) is 4.13. The molecule has 0 saturated heterocycles. The summed E-state index contributed by atoms with van der Waals surface area (Å²) >= 11 is 0. The topological polar surface area (TPSA) is 34.0 Å². The SMILES string of the molecule is CC(c1ccccc1)n1cnnc1CN1CCc2ccccc2C1. The second-order valence-electron chi connectivity index (χ2n) is 6.47. The van der Waals surface area contributed by atoms with Crippen molar-refractivity contribution in [3.8, 4) is 0 Å². The maximum Gasteiger partial charge on any atom is 0.147 e. The minimum absolute atomic E-state index is 0.244. The largest absolute Gasteiger partial charge is 0.309 e. The Bertz CT molecular complexity index is 809. The fraction of sp³-hybridized carbons (Fsp3) is 0.300. The molecular formula is C20H22N4. The van der Waals surface area contributed by atoms with Crippen LogP contribution < -0.4 is 0 Å². The van der Waals surface area contributed by atoms with Gasteiger partial charge in [-0.15, -0.1) is 10.2 Å². The predicted octanol–water partition coefficient (Wildman–Crippen LogP) is 3.45. The van der Waals surface area contributed by atoms with Gasteiger partial charge in [0.2, 0.25) is 0 Å². The Morgan fingerprint density at radius 1 is 1.00 bits per heavy atom. The molecule has 4 rings (SSSR count). The normalized spacial score (nSPS) is 15.9. The van der Waals surface area contributed by atoms with Gasteiger partial charge in [-0.05, 0) is 30.0 Å². The third kappa shape index (κ3) is 2.97. The third-order valence-corrected chi connectivity index (χ3v) is 4.92. The van der Waals surface area contributed by atoms with Crippen molar-refractivity contribution in [2.75, 3.05) is 6.54 Å². The average Bonchev–Trinajstić information content (AvgIpc) is 3.10. The fourth-order valence-corrected chi connectivity index (χ4v) is 3.48. The van der Waals surface area contributed by atoms with E-state index in [4.69, 9.17) is 0 Å². The van der Waals surface area contributed by atoms with E-state index < -0.39 is 0 Å². The van der Waals surface area contributed by atoms with Crippen LogP contribution in [0.5, 0.6) is 0 Å². The first-order valence-corrected chi connectivity index (χ1v) is 8.54. The first kappa shape index (κ1) is 15.1. The molecule has 24 heavy (non-hydrogen) atoms. The van der Waals surface area contributed by atoms with Crippen molar-refractivity contribution in [2.24, 2.45) is 0 Å². The highest BCUT2D eigenvalue weighted by molar-refractivity contribution is 5.29. The summed E-state index contributed by atoms with van der Waals surface area (Å²) in [5, 5.41) is 8.55. The van der Waals surface area contributed by atoms with Crippen LogP contribution in [0.2, 0.25) is 0 Å². The molecular weight excluding hydrogens is 296 g/mol. The molecule has 2 aromatic carbocycles. The number of rotatable bonds is 4. The van der Waals surface area contributed by atoms with Crippen molar-refractivity contribution >= 4 is 0 Å². The summed E-state index contributed by atoms with van der Waals surface area (Å²) in [6.45, 7) is 5.10. The Balaban J connectivity index is 1.52. The van der Waals surface area contributed by atoms with Gasteiger partial charge in [-0.2, -0.15) is 0 Å². The lowest BCUT2D eigenvalue weighted by Crippen LogP contribution is -2.31. The van der Waals surface area contributed by atoms with Gasteiger partial charge in [0, 0.05) is 13.1 Å². The Hall–Kier alpha value is -2.46. The molecule has 0 aliphatic carbocycles. The van der Waals surface area contributed by atoms with E-state index in [0.29, 0.717) is 0 Å². The fourth-order valence-electron chi connectivity index (χ4n) is 3.48. The van der Waals surface area contributed by atoms with Gasteiger partial charge >= 0.3 is 0 Å². The molecule has 0 amide bonds. The molecule has 4 heteroatoms. The summed E-state index contributed by atoms with van der Waals surface area (Å²) in [5.41, 5.74) is 4.20. The highest BCUT2D eigenvalue weighted by atomic mass is 15.3. The van der Waals surface area contributed by atoms with Crippen molar-refractivity contribution < 1.29 is 0 Å². The smallest absolute Gasteiger partial charge is 0.147 e. The molecule has 2 heterocycles. The highest BCUT2D eigenvalue weighted by Crippen LogP contribution is 2.22. The van der Waals surface area contributed by atoms with Crippen molar-refractivity contribution in [3.05, 3.63) is 83.4 Å². The Morgan fingerprint density at radius 3 is 2.58 bits per heavy atom. The van der Waals surface area contributed by atoms with Gasteiger partial charge in [-0.25, -0.2) is 0 Å². The zero-order chi connectivity index (χ0) is 16.4. The molecule has 0 fully saturated rings. The summed E-state index contributed by atoms with van der Waals surface area (Å²) in [6, 6.07) is 19.5. The highest BCUT2D eigenvalue weighted by Gasteiger charge is 2.19. The van der Waals surface area contributed by atoms with Crippen molar-refractivity contribution in [1.82, 2.24) is 19.7 Å². The Labute approximate surface area is 142 Å². The van der Waals surface area contributed by atoms with E-state index in [1.165, 1.54) is 16.7 Å². The second kappa shape index (κ2) is 6.57. The lowest BCUT2D eigenvalue weighted by Gasteiger charge is -2.28. The quantitative estimate of drug-likeness (QED) is 0.739. The minimum atomic E-state index is 0.244. The predicted molar refractivity (Wildman–Crippen MR) is 94.5 cm³/mol. The van der Waals surface area contributed by atoms with Gasteiger partial charge in [0.1, 0.15) is 12.2 Å². The van der Waals surface area contributed by atoms with Gasteiger partial charge in [0.15, 0.2) is 0 Å². The molecule has 0 bridgehead atoms. The number of benzene rings is 2. The van der Waals surface area contributed by atoms with Gasteiger partial charge in [-0.3, -0.25) is 4.90 Å². The first-order valence-electron chi connectivity index (χ1n) is 8.54. The number of hydrogen-bond donors (Lipinski definition) is 0.